The van der Waals surface area contributed by atoms with Crippen LogP contribution >= 0.6 is 15.9 Å². The number of nitrogen functional groups attached to an aromatic ring is 1. The van der Waals surface area contributed by atoms with Gasteiger partial charge >= 0.3 is 0 Å². The molecule has 0 atom stereocenters. The number of likely N-dealkylation sites (N-methyl/N-ethyl adjacent to an activating group) is 2. The van der Waals surface area contributed by atoms with Gasteiger partial charge in [0.2, 0.25) is 11.9 Å². The Bertz CT molecular complexity index is 3130. The number of carbonyl (C=O) groups is 2. The van der Waals surface area contributed by atoms with Crippen LogP contribution in [0.3, 0.4) is 0 Å². The summed E-state index contributed by atoms with van der Waals surface area (Å²) in [5.41, 5.74) is 12.7. The topological polar surface area (TPSA) is 190 Å². The van der Waals surface area contributed by atoms with E-state index in [2.05, 4.69) is 71.1 Å². The Morgan fingerprint density at radius 1 is 1.00 bits per heavy atom. The molecular weight excluding hydrogens is 939 g/mol. The first-order valence-corrected chi connectivity index (χ1v) is 23.1. The fourth-order valence-corrected chi connectivity index (χ4v) is 8.62. The summed E-state index contributed by atoms with van der Waals surface area (Å²) in [6.07, 6.45) is 4.89. The third-order valence-corrected chi connectivity index (χ3v) is 13.2. The molecule has 20 heteroatoms. The van der Waals surface area contributed by atoms with Gasteiger partial charge in [-0.2, -0.15) is 19.6 Å². The predicted octanol–water partition coefficient (Wildman–Crippen LogP) is 7.07. The molecule has 2 fully saturated rings. The number of hydrogen-bond acceptors (Lipinski definition) is 13. The number of fused-ring (bicyclic) bond motifs is 2. The summed E-state index contributed by atoms with van der Waals surface area (Å²) < 4.78 is 40.8. The average molecular weight is 990 g/mol. The van der Waals surface area contributed by atoms with Gasteiger partial charge < -0.3 is 40.4 Å². The Kier molecular flexibility index (Phi) is 12.8. The lowest BCUT2D eigenvalue weighted by Crippen LogP contribution is -2.45. The number of benzene rings is 3. The molecule has 9 rings (SSSR count). The van der Waals surface area contributed by atoms with Crippen molar-refractivity contribution in [1.82, 2.24) is 48.9 Å². The van der Waals surface area contributed by atoms with Gasteiger partial charge in [0, 0.05) is 50.1 Å². The standard InChI is InChI=1S/C48H51BrF2N14O3/c1-26-17-38-39(18-27(26)2)64(40(57-38)23-53-47-60-48(63-13-11-61(5)12-14-63)59-44-35(49)22-56-65(44)47)24-28(3)46(67)62(6)15-16-68-42-41(54-25-55-43(42)52)34-20-32(50)21-37(29(34)4)58-45(66)33-10-9-31(19-36(33)51)30-7-8-30/h9-10,17-22,25,30H,3,7-8,11-16,23-24H2,1-2,4-6H3,(H,58,66)(H2,52,54,55)(H,53,59,60). The minimum atomic E-state index is -0.723. The third kappa shape index (κ3) is 9.42. The molecule has 17 nitrogen and oxygen atoms in total. The van der Waals surface area contributed by atoms with Crippen LogP contribution in [0.4, 0.5) is 32.2 Å². The first-order chi connectivity index (χ1) is 32.6. The maximum atomic E-state index is 15.3. The number of hydrogen-bond donors (Lipinski definition) is 3. The Morgan fingerprint density at radius 3 is 2.51 bits per heavy atom. The number of nitrogens with zero attached hydrogens (tertiary/aromatic N) is 11. The molecule has 1 aliphatic carbocycles. The summed E-state index contributed by atoms with van der Waals surface area (Å²) in [6, 6.07) is 11.1. The summed E-state index contributed by atoms with van der Waals surface area (Å²) in [6.45, 7) is 13.8. The summed E-state index contributed by atoms with van der Waals surface area (Å²) in [5, 5.41) is 10.6. The van der Waals surface area contributed by atoms with Crippen molar-refractivity contribution in [2.24, 2.45) is 0 Å². The molecule has 5 heterocycles. The Labute approximate surface area is 399 Å². The van der Waals surface area contributed by atoms with Crippen LogP contribution in [0.1, 0.15) is 57.2 Å². The molecule has 1 saturated heterocycles. The predicted molar refractivity (Wildman–Crippen MR) is 260 cm³/mol. The number of anilines is 4. The molecule has 0 bridgehead atoms. The van der Waals surface area contributed by atoms with E-state index in [1.807, 2.05) is 24.5 Å². The van der Waals surface area contributed by atoms with Gasteiger partial charge in [-0.25, -0.2) is 23.7 Å². The fourth-order valence-electron chi connectivity index (χ4n) is 8.27. The number of rotatable bonds is 15. The van der Waals surface area contributed by atoms with Crippen molar-refractivity contribution in [3.63, 3.8) is 0 Å². The maximum absolute atomic E-state index is 15.3. The maximum Gasteiger partial charge on any atom is 0.258 e. The zero-order valence-electron chi connectivity index (χ0n) is 38.4. The Balaban J connectivity index is 0.893. The minimum Gasteiger partial charge on any atom is -0.486 e. The summed E-state index contributed by atoms with van der Waals surface area (Å²) in [5.74, 6) is -0.276. The molecule has 2 aliphatic rings. The highest BCUT2D eigenvalue weighted by molar-refractivity contribution is 9.10. The number of aromatic nitrogens is 8. The van der Waals surface area contributed by atoms with Gasteiger partial charge in [0.15, 0.2) is 17.2 Å². The van der Waals surface area contributed by atoms with Crippen molar-refractivity contribution in [2.75, 3.05) is 74.7 Å². The van der Waals surface area contributed by atoms with E-state index in [9.17, 15) is 9.59 Å². The van der Waals surface area contributed by atoms with E-state index in [1.54, 1.807) is 30.8 Å². The van der Waals surface area contributed by atoms with Crippen LogP contribution in [0.5, 0.6) is 5.75 Å². The number of carbonyl (C=O) groups excluding carboxylic acids is 2. The van der Waals surface area contributed by atoms with Gasteiger partial charge in [-0.15, -0.1) is 0 Å². The molecule has 0 unspecified atom stereocenters. The Morgan fingerprint density at radius 2 is 1.76 bits per heavy atom. The number of ether oxygens (including phenoxy) is 1. The highest BCUT2D eigenvalue weighted by Crippen LogP contribution is 2.41. The van der Waals surface area contributed by atoms with E-state index in [-0.39, 0.29) is 66.2 Å². The monoisotopic (exact) mass is 988 g/mol. The van der Waals surface area contributed by atoms with Crippen molar-refractivity contribution in [2.45, 2.75) is 52.6 Å². The van der Waals surface area contributed by atoms with Crippen LogP contribution in [-0.4, -0.2) is 114 Å². The van der Waals surface area contributed by atoms with E-state index in [1.165, 1.54) is 29.4 Å². The SMILES string of the molecule is C=C(Cn1c(CNc2nc(N3CCN(C)CC3)nc3c(Br)cnn23)nc2cc(C)c(C)cc21)C(=O)N(C)CCOc1c(N)ncnc1-c1cc(F)cc(NC(=O)c2ccc(C3CC3)cc2F)c1C. The second-order valence-electron chi connectivity index (χ2n) is 17.5. The van der Waals surface area contributed by atoms with E-state index >= 15 is 8.78 Å². The summed E-state index contributed by atoms with van der Waals surface area (Å²) in [7, 11) is 3.74. The van der Waals surface area contributed by atoms with E-state index < -0.39 is 17.5 Å². The van der Waals surface area contributed by atoms with Crippen LogP contribution in [0.2, 0.25) is 0 Å². The second-order valence-corrected chi connectivity index (χ2v) is 18.3. The normalized spacial score (nSPS) is 14.1. The highest BCUT2D eigenvalue weighted by atomic mass is 79.9. The number of nitrogens with two attached hydrogens (primary N) is 1. The molecule has 1 aliphatic heterocycles. The van der Waals surface area contributed by atoms with Crippen molar-refractivity contribution < 1.29 is 23.1 Å². The molecule has 68 heavy (non-hydrogen) atoms. The average Bonchev–Trinajstić information content (AvgIpc) is 4.03. The van der Waals surface area contributed by atoms with Crippen LogP contribution in [0.25, 0.3) is 27.9 Å². The number of aryl methyl sites for hydroxylation is 2. The zero-order valence-corrected chi connectivity index (χ0v) is 40.0. The first kappa shape index (κ1) is 46.1. The van der Waals surface area contributed by atoms with Crippen molar-refractivity contribution in [3.8, 4) is 17.0 Å². The van der Waals surface area contributed by atoms with Gasteiger partial charge in [-0.3, -0.25) is 9.59 Å². The molecule has 7 aromatic rings. The largest absolute Gasteiger partial charge is 0.486 e. The number of amides is 2. The van der Waals surface area contributed by atoms with Gasteiger partial charge in [-0.05, 0) is 121 Å². The molecule has 4 aromatic heterocycles. The minimum absolute atomic E-state index is 0.0162. The fraction of sp³-hybridized carbons (Fsp3) is 0.333. The van der Waals surface area contributed by atoms with Crippen LogP contribution < -0.4 is 26.0 Å². The van der Waals surface area contributed by atoms with E-state index in [0.717, 1.165) is 77.3 Å². The third-order valence-electron chi connectivity index (χ3n) is 12.6. The lowest BCUT2D eigenvalue weighted by molar-refractivity contribution is -0.126. The highest BCUT2D eigenvalue weighted by Gasteiger charge is 2.27. The quantitative estimate of drug-likeness (QED) is 0.0886. The van der Waals surface area contributed by atoms with E-state index in [4.69, 9.17) is 25.4 Å². The number of imidazole rings is 1. The number of piperazine rings is 1. The van der Waals surface area contributed by atoms with Crippen molar-refractivity contribution in [1.29, 1.82) is 0 Å². The summed E-state index contributed by atoms with van der Waals surface area (Å²) in [4.78, 5) is 56.4. The van der Waals surface area contributed by atoms with Gasteiger partial charge in [0.1, 0.15) is 36.1 Å². The molecule has 1 saturated carbocycles. The smallest absolute Gasteiger partial charge is 0.258 e. The van der Waals surface area contributed by atoms with Crippen LogP contribution in [0, 0.1) is 32.4 Å². The zero-order chi connectivity index (χ0) is 48.0. The van der Waals surface area contributed by atoms with Crippen LogP contribution in [0.15, 0.2) is 71.6 Å². The summed E-state index contributed by atoms with van der Waals surface area (Å²) >= 11 is 3.59. The second kappa shape index (κ2) is 18.9. The first-order valence-electron chi connectivity index (χ1n) is 22.3. The van der Waals surface area contributed by atoms with Gasteiger partial charge in [0.05, 0.1) is 46.9 Å². The molecular formula is C48H51BrF2N14O3. The lowest BCUT2D eigenvalue weighted by atomic mass is 10.0. The Hall–Kier alpha value is -7.06. The van der Waals surface area contributed by atoms with E-state index in [0.29, 0.717) is 40.4 Å². The molecule has 0 radical (unpaired) electrons. The number of halogens is 3. The molecule has 3 aromatic carbocycles. The molecule has 2 amide bonds. The molecule has 352 valence electrons. The van der Waals surface area contributed by atoms with Crippen molar-refractivity contribution in [3.05, 3.63) is 117 Å². The lowest BCUT2D eigenvalue weighted by Gasteiger charge is -2.32. The molecule has 0 spiro atoms. The number of nitrogens with one attached hydrogen (secondary N) is 2. The molecule has 4 N–H and O–H groups in total. The van der Waals surface area contributed by atoms with Gasteiger partial charge in [0.25, 0.3) is 11.8 Å². The van der Waals surface area contributed by atoms with Gasteiger partial charge in [-0.1, -0.05) is 12.6 Å². The van der Waals surface area contributed by atoms with Crippen LogP contribution in [-0.2, 0) is 17.9 Å². The van der Waals surface area contributed by atoms with Crippen molar-refractivity contribution >= 4 is 67.8 Å².